The van der Waals surface area contributed by atoms with Gasteiger partial charge in [-0.2, -0.15) is 0 Å². The number of sulfone groups is 1. The van der Waals surface area contributed by atoms with Gasteiger partial charge in [-0.15, -0.1) is 0 Å². The van der Waals surface area contributed by atoms with Crippen molar-refractivity contribution in [3.8, 4) is 0 Å². The van der Waals surface area contributed by atoms with E-state index >= 15 is 0 Å². The lowest BCUT2D eigenvalue weighted by Gasteiger charge is -2.46. The summed E-state index contributed by atoms with van der Waals surface area (Å²) >= 11 is 0. The summed E-state index contributed by atoms with van der Waals surface area (Å²) < 4.78 is 35.1. The first-order valence-electron chi connectivity index (χ1n) is 8.13. The molecule has 122 valence electrons. The highest BCUT2D eigenvalue weighted by atomic mass is 32.2. The van der Waals surface area contributed by atoms with Gasteiger partial charge in [0, 0.05) is 25.9 Å². The van der Waals surface area contributed by atoms with Crippen molar-refractivity contribution in [3.05, 3.63) is 0 Å². The minimum atomic E-state index is -2.81. The van der Waals surface area contributed by atoms with Crippen molar-refractivity contribution in [1.82, 2.24) is 5.32 Å². The average Bonchev–Trinajstić information content (AvgIpc) is 2.81. The van der Waals surface area contributed by atoms with Gasteiger partial charge >= 0.3 is 0 Å². The van der Waals surface area contributed by atoms with Crippen LogP contribution >= 0.6 is 0 Å². The number of nitrogens with one attached hydrogen (secondary N) is 1. The van der Waals surface area contributed by atoms with Crippen molar-refractivity contribution < 1.29 is 17.9 Å². The summed E-state index contributed by atoms with van der Waals surface area (Å²) in [6.07, 6.45) is 4.83. The lowest BCUT2D eigenvalue weighted by molar-refractivity contribution is -0.151. The molecule has 3 saturated heterocycles. The van der Waals surface area contributed by atoms with E-state index in [1.54, 1.807) is 0 Å². The zero-order chi connectivity index (χ0) is 14.9. The van der Waals surface area contributed by atoms with Gasteiger partial charge in [0.15, 0.2) is 9.84 Å². The van der Waals surface area contributed by atoms with E-state index in [-0.39, 0.29) is 11.5 Å². The van der Waals surface area contributed by atoms with Gasteiger partial charge in [0.05, 0.1) is 17.1 Å². The van der Waals surface area contributed by atoms with E-state index in [0.29, 0.717) is 23.5 Å². The Morgan fingerprint density at radius 3 is 2.52 bits per heavy atom. The van der Waals surface area contributed by atoms with Crippen LogP contribution in [0.15, 0.2) is 0 Å². The Morgan fingerprint density at radius 1 is 1.14 bits per heavy atom. The molecule has 0 saturated carbocycles. The van der Waals surface area contributed by atoms with Crippen LogP contribution in [0.3, 0.4) is 0 Å². The Kier molecular flexibility index (Phi) is 4.60. The third kappa shape index (κ3) is 3.44. The molecular formula is C15H27NO4S. The van der Waals surface area contributed by atoms with Gasteiger partial charge in [-0.1, -0.05) is 0 Å². The lowest BCUT2D eigenvalue weighted by Crippen LogP contribution is -2.51. The fourth-order valence-electron chi connectivity index (χ4n) is 4.43. The number of hydrogen-bond acceptors (Lipinski definition) is 5. The summed E-state index contributed by atoms with van der Waals surface area (Å²) in [6, 6.07) is 0.297. The minimum Gasteiger partial charge on any atom is -0.381 e. The molecule has 6 heteroatoms. The van der Waals surface area contributed by atoms with Crippen molar-refractivity contribution in [3.63, 3.8) is 0 Å². The van der Waals surface area contributed by atoms with Crippen LogP contribution in [-0.2, 0) is 19.3 Å². The summed E-state index contributed by atoms with van der Waals surface area (Å²) in [5.74, 6) is 1.49. The third-order valence-electron chi connectivity index (χ3n) is 5.55. The van der Waals surface area contributed by atoms with Crippen LogP contribution in [0.25, 0.3) is 0 Å². The maximum absolute atomic E-state index is 11.8. The lowest BCUT2D eigenvalue weighted by atomic mass is 9.74. The first kappa shape index (κ1) is 15.7. The largest absolute Gasteiger partial charge is 0.381 e. The predicted octanol–water partition coefficient (Wildman–Crippen LogP) is 0.985. The maximum Gasteiger partial charge on any atom is 0.150 e. The Bertz CT molecular complexity index is 453. The molecule has 3 heterocycles. The van der Waals surface area contributed by atoms with E-state index < -0.39 is 9.84 Å². The van der Waals surface area contributed by atoms with Gasteiger partial charge in [0.1, 0.15) is 0 Å². The molecule has 5 nitrogen and oxygen atoms in total. The summed E-state index contributed by atoms with van der Waals surface area (Å²) in [5, 5.41) is 3.42. The van der Waals surface area contributed by atoms with E-state index in [9.17, 15) is 8.42 Å². The van der Waals surface area contributed by atoms with Gasteiger partial charge in [-0.25, -0.2) is 8.42 Å². The fraction of sp³-hybridized carbons (Fsp3) is 1.00. The van der Waals surface area contributed by atoms with E-state index in [0.717, 1.165) is 51.9 Å². The molecule has 3 aliphatic rings. The zero-order valence-electron chi connectivity index (χ0n) is 12.8. The number of rotatable bonds is 3. The molecule has 3 atom stereocenters. The highest BCUT2D eigenvalue weighted by Gasteiger charge is 2.44. The van der Waals surface area contributed by atoms with Crippen LogP contribution in [0.1, 0.15) is 32.1 Å². The molecule has 0 aromatic rings. The first-order chi connectivity index (χ1) is 10.0. The van der Waals surface area contributed by atoms with Crippen LogP contribution in [0.5, 0.6) is 0 Å². The van der Waals surface area contributed by atoms with Gasteiger partial charge < -0.3 is 14.8 Å². The Labute approximate surface area is 127 Å². The Morgan fingerprint density at radius 2 is 1.90 bits per heavy atom. The zero-order valence-corrected chi connectivity index (χ0v) is 13.7. The molecule has 3 rings (SSSR count). The molecular weight excluding hydrogens is 290 g/mol. The van der Waals surface area contributed by atoms with Crippen molar-refractivity contribution in [1.29, 1.82) is 0 Å². The highest BCUT2D eigenvalue weighted by Crippen LogP contribution is 2.40. The van der Waals surface area contributed by atoms with Crippen LogP contribution in [-0.4, -0.2) is 58.4 Å². The van der Waals surface area contributed by atoms with E-state index in [1.807, 2.05) is 7.05 Å². The van der Waals surface area contributed by atoms with Crippen LogP contribution < -0.4 is 5.32 Å². The smallest absolute Gasteiger partial charge is 0.150 e. The summed E-state index contributed by atoms with van der Waals surface area (Å²) in [7, 11) is -0.840. The van der Waals surface area contributed by atoms with Crippen molar-refractivity contribution >= 4 is 9.84 Å². The maximum atomic E-state index is 11.8. The summed E-state index contributed by atoms with van der Waals surface area (Å²) in [5.41, 5.74) is -0.0201. The van der Waals surface area contributed by atoms with E-state index in [2.05, 4.69) is 5.32 Å². The molecule has 1 spiro atoms. The van der Waals surface area contributed by atoms with Crippen molar-refractivity contribution in [2.24, 2.45) is 11.8 Å². The molecule has 0 aromatic heterocycles. The number of hydrogen-bond donors (Lipinski definition) is 1. The standard InChI is InChI=1S/C15H27NO4S/c1-16-14(13-3-9-21(17,18)11-13)12-2-6-20-15(10-12)4-7-19-8-5-15/h12-14,16H,2-11H2,1H3. The van der Waals surface area contributed by atoms with Crippen molar-refractivity contribution in [2.45, 2.75) is 43.7 Å². The van der Waals surface area contributed by atoms with E-state index in [4.69, 9.17) is 9.47 Å². The molecule has 3 fully saturated rings. The number of ether oxygens (including phenoxy) is 2. The van der Waals surface area contributed by atoms with Gasteiger partial charge in [-0.05, 0) is 51.0 Å². The monoisotopic (exact) mass is 317 g/mol. The van der Waals surface area contributed by atoms with Crippen LogP contribution in [0, 0.1) is 11.8 Å². The molecule has 1 N–H and O–H groups in total. The molecule has 21 heavy (non-hydrogen) atoms. The highest BCUT2D eigenvalue weighted by molar-refractivity contribution is 7.91. The first-order valence-corrected chi connectivity index (χ1v) is 9.95. The Hall–Kier alpha value is -0.170. The van der Waals surface area contributed by atoms with Gasteiger partial charge in [0.2, 0.25) is 0 Å². The van der Waals surface area contributed by atoms with E-state index in [1.165, 1.54) is 0 Å². The molecule has 0 aromatic carbocycles. The third-order valence-corrected chi connectivity index (χ3v) is 7.35. The Balaban J connectivity index is 1.69. The fourth-order valence-corrected chi connectivity index (χ4v) is 6.28. The summed E-state index contributed by atoms with van der Waals surface area (Å²) in [6.45, 7) is 2.37. The van der Waals surface area contributed by atoms with Crippen LogP contribution in [0.2, 0.25) is 0 Å². The molecule has 0 amide bonds. The summed E-state index contributed by atoms with van der Waals surface area (Å²) in [4.78, 5) is 0. The van der Waals surface area contributed by atoms with Crippen LogP contribution in [0.4, 0.5) is 0 Å². The quantitative estimate of drug-likeness (QED) is 0.841. The minimum absolute atomic E-state index is 0.0201. The molecule has 0 bridgehead atoms. The molecule has 0 aliphatic carbocycles. The topological polar surface area (TPSA) is 64.6 Å². The SMILES string of the molecule is CNC(C1CCOC2(CCOCC2)C1)C1CCS(=O)(=O)C1. The molecule has 3 aliphatic heterocycles. The second kappa shape index (κ2) is 6.14. The van der Waals surface area contributed by atoms with Gasteiger partial charge in [-0.3, -0.25) is 0 Å². The second-order valence-corrected chi connectivity index (χ2v) is 9.10. The average molecular weight is 317 g/mol. The normalized spacial score (nSPS) is 36.6. The van der Waals surface area contributed by atoms with Gasteiger partial charge in [0.25, 0.3) is 0 Å². The molecule has 3 unspecified atom stereocenters. The predicted molar refractivity (Wildman–Crippen MR) is 81.1 cm³/mol. The second-order valence-electron chi connectivity index (χ2n) is 6.87. The molecule has 0 radical (unpaired) electrons. The van der Waals surface area contributed by atoms with Crippen molar-refractivity contribution in [2.75, 3.05) is 38.4 Å².